The molecule has 0 unspecified atom stereocenters. The van der Waals surface area contributed by atoms with E-state index < -0.39 is 5.92 Å². The van der Waals surface area contributed by atoms with Crippen molar-refractivity contribution in [1.82, 2.24) is 29.2 Å². The number of likely N-dealkylation sites (tertiary alicyclic amines) is 1. The van der Waals surface area contributed by atoms with Crippen LogP contribution in [-0.4, -0.2) is 61.8 Å². The molecule has 1 fully saturated rings. The van der Waals surface area contributed by atoms with E-state index in [1.165, 1.54) is 5.56 Å². The number of aromatic nitrogens is 5. The molecule has 178 valence electrons. The minimum atomic E-state index is -2.50. The fraction of sp³-hybridized carbons (Fsp3) is 0.400. The zero-order valence-corrected chi connectivity index (χ0v) is 19.5. The van der Waals surface area contributed by atoms with E-state index in [0.29, 0.717) is 13.1 Å². The highest BCUT2D eigenvalue weighted by atomic mass is 19.3. The summed E-state index contributed by atoms with van der Waals surface area (Å²) in [4.78, 5) is 11.6. The van der Waals surface area contributed by atoms with Gasteiger partial charge in [-0.05, 0) is 49.2 Å². The molecule has 0 radical (unpaired) electrons. The fourth-order valence-corrected chi connectivity index (χ4v) is 4.55. The van der Waals surface area contributed by atoms with Crippen LogP contribution in [0.5, 0.6) is 0 Å². The molecular formula is C25H29F2N7. The molecule has 4 aromatic heterocycles. The highest BCUT2D eigenvalue weighted by Crippen LogP contribution is 2.30. The maximum absolute atomic E-state index is 13.4. The van der Waals surface area contributed by atoms with E-state index in [0.717, 1.165) is 53.2 Å². The first-order valence-corrected chi connectivity index (χ1v) is 11.7. The molecular weight excluding hydrogens is 436 g/mol. The molecule has 5 rings (SSSR count). The van der Waals surface area contributed by atoms with Gasteiger partial charge in [-0.25, -0.2) is 18.7 Å². The van der Waals surface area contributed by atoms with Crippen molar-refractivity contribution in [2.24, 2.45) is 7.05 Å². The third-order valence-electron chi connectivity index (χ3n) is 6.53. The Morgan fingerprint density at radius 1 is 1.06 bits per heavy atom. The van der Waals surface area contributed by atoms with Gasteiger partial charge >= 0.3 is 0 Å². The van der Waals surface area contributed by atoms with Crippen molar-refractivity contribution in [2.45, 2.75) is 31.6 Å². The number of alkyl halides is 2. The molecule has 5 heterocycles. The standard InChI is InChI=1S/C25H29F2N7/c1-28-23-8-5-18(14-29-23)22-7-6-21-19(4-3-11-33-12-9-25(26,27)10-13-33)16-34(24(21)31-22)20-15-30-32(2)17-20/h5-8,14-17H,3-4,9-13H2,1-2H3,(H,28,29). The van der Waals surface area contributed by atoms with Gasteiger partial charge in [-0.1, -0.05) is 0 Å². The average Bonchev–Trinajstić information content (AvgIpc) is 3.43. The van der Waals surface area contributed by atoms with Crippen LogP contribution in [0.1, 0.15) is 24.8 Å². The Labute approximate surface area is 197 Å². The number of halogens is 2. The number of hydrogen-bond donors (Lipinski definition) is 1. The molecule has 1 N–H and O–H groups in total. The Bertz CT molecular complexity index is 1270. The molecule has 1 saturated heterocycles. The van der Waals surface area contributed by atoms with E-state index in [1.54, 1.807) is 4.68 Å². The summed E-state index contributed by atoms with van der Waals surface area (Å²) in [5.41, 5.74) is 4.82. The lowest BCUT2D eigenvalue weighted by atomic mass is 10.1. The summed E-state index contributed by atoms with van der Waals surface area (Å²) in [6, 6.07) is 8.09. The molecule has 7 nitrogen and oxygen atoms in total. The number of nitrogens with one attached hydrogen (secondary N) is 1. The number of nitrogens with zero attached hydrogens (tertiary/aromatic N) is 6. The first-order valence-electron chi connectivity index (χ1n) is 11.7. The van der Waals surface area contributed by atoms with E-state index in [-0.39, 0.29) is 12.8 Å². The number of pyridine rings is 2. The maximum Gasteiger partial charge on any atom is 0.250 e. The number of fused-ring (bicyclic) bond motifs is 1. The highest BCUT2D eigenvalue weighted by molar-refractivity contribution is 5.84. The lowest BCUT2D eigenvalue weighted by Crippen LogP contribution is -2.39. The smallest absolute Gasteiger partial charge is 0.250 e. The number of anilines is 1. The molecule has 0 aliphatic carbocycles. The second-order valence-corrected chi connectivity index (χ2v) is 8.95. The lowest BCUT2D eigenvalue weighted by Gasteiger charge is -2.31. The Balaban J connectivity index is 1.41. The first-order chi connectivity index (χ1) is 16.4. The minimum Gasteiger partial charge on any atom is -0.373 e. The van der Waals surface area contributed by atoms with Crippen LogP contribution in [0.4, 0.5) is 14.6 Å². The third kappa shape index (κ3) is 4.65. The number of hydrogen-bond acceptors (Lipinski definition) is 5. The minimum absolute atomic E-state index is 0.0375. The fourth-order valence-electron chi connectivity index (χ4n) is 4.55. The van der Waals surface area contributed by atoms with E-state index in [2.05, 4.69) is 37.1 Å². The molecule has 1 aliphatic heterocycles. The zero-order chi connectivity index (χ0) is 23.7. The molecule has 9 heteroatoms. The van der Waals surface area contributed by atoms with Crippen LogP contribution in [0.25, 0.3) is 28.0 Å². The highest BCUT2D eigenvalue weighted by Gasteiger charge is 2.33. The lowest BCUT2D eigenvalue weighted by molar-refractivity contribution is -0.0551. The molecule has 4 aromatic rings. The van der Waals surface area contributed by atoms with Crippen molar-refractivity contribution in [1.29, 1.82) is 0 Å². The van der Waals surface area contributed by atoms with Crippen molar-refractivity contribution in [2.75, 3.05) is 32.0 Å². The molecule has 0 saturated carbocycles. The zero-order valence-electron chi connectivity index (χ0n) is 19.5. The summed E-state index contributed by atoms with van der Waals surface area (Å²) in [7, 11) is 3.74. The van der Waals surface area contributed by atoms with Crippen LogP contribution in [0, 0.1) is 0 Å². The molecule has 0 atom stereocenters. The SMILES string of the molecule is CNc1ccc(-c2ccc3c(CCCN4CCC(F)(F)CC4)cn(-c4cnn(C)c4)c3n2)cn1. The summed E-state index contributed by atoms with van der Waals surface area (Å²) in [6.45, 7) is 1.76. The van der Waals surface area contributed by atoms with Gasteiger partial charge in [0.2, 0.25) is 0 Å². The van der Waals surface area contributed by atoms with Gasteiger partial charge in [0, 0.05) is 69.6 Å². The summed E-state index contributed by atoms with van der Waals surface area (Å²) in [5, 5.41) is 8.46. The largest absolute Gasteiger partial charge is 0.373 e. The van der Waals surface area contributed by atoms with Gasteiger partial charge in [0.1, 0.15) is 11.5 Å². The molecule has 0 amide bonds. The number of piperidine rings is 1. The third-order valence-corrected chi connectivity index (χ3v) is 6.53. The van der Waals surface area contributed by atoms with E-state index >= 15 is 0 Å². The van der Waals surface area contributed by atoms with Crippen molar-refractivity contribution >= 4 is 16.9 Å². The van der Waals surface area contributed by atoms with Gasteiger partial charge in [-0.3, -0.25) is 9.25 Å². The topological polar surface area (TPSA) is 63.8 Å². The average molecular weight is 466 g/mol. The summed E-state index contributed by atoms with van der Waals surface area (Å²) >= 11 is 0. The van der Waals surface area contributed by atoms with E-state index in [9.17, 15) is 8.78 Å². The Morgan fingerprint density at radius 3 is 2.56 bits per heavy atom. The number of rotatable bonds is 7. The first kappa shape index (κ1) is 22.5. The Hall–Kier alpha value is -3.33. The summed E-state index contributed by atoms with van der Waals surface area (Å²) < 4.78 is 30.8. The molecule has 0 spiro atoms. The second kappa shape index (κ2) is 9.13. The van der Waals surface area contributed by atoms with E-state index in [1.807, 2.05) is 50.9 Å². The quantitative estimate of drug-likeness (QED) is 0.435. The van der Waals surface area contributed by atoms with Crippen molar-refractivity contribution in [3.05, 3.63) is 54.6 Å². The predicted octanol–water partition coefficient (Wildman–Crippen LogP) is 4.53. The van der Waals surface area contributed by atoms with Crippen molar-refractivity contribution in [3.63, 3.8) is 0 Å². The Morgan fingerprint density at radius 2 is 1.88 bits per heavy atom. The monoisotopic (exact) mass is 465 g/mol. The van der Waals surface area contributed by atoms with E-state index in [4.69, 9.17) is 4.98 Å². The van der Waals surface area contributed by atoms with Crippen LogP contribution >= 0.6 is 0 Å². The van der Waals surface area contributed by atoms with Crippen LogP contribution in [-0.2, 0) is 13.5 Å². The Kier molecular flexibility index (Phi) is 6.03. The van der Waals surface area contributed by atoms with Crippen LogP contribution in [0.2, 0.25) is 0 Å². The predicted molar refractivity (Wildman–Crippen MR) is 130 cm³/mol. The normalized spacial score (nSPS) is 16.2. The summed E-state index contributed by atoms with van der Waals surface area (Å²) in [6.07, 6.45) is 9.44. The second-order valence-electron chi connectivity index (χ2n) is 8.95. The van der Waals surface area contributed by atoms with Gasteiger partial charge in [0.05, 0.1) is 17.6 Å². The van der Waals surface area contributed by atoms with Crippen LogP contribution in [0.15, 0.2) is 49.1 Å². The van der Waals surface area contributed by atoms with Gasteiger partial charge in [-0.15, -0.1) is 0 Å². The molecule has 1 aliphatic rings. The van der Waals surface area contributed by atoms with Gasteiger partial charge in [0.15, 0.2) is 0 Å². The van der Waals surface area contributed by atoms with Gasteiger partial charge in [-0.2, -0.15) is 5.10 Å². The molecule has 0 bridgehead atoms. The van der Waals surface area contributed by atoms with Crippen LogP contribution < -0.4 is 5.32 Å². The van der Waals surface area contributed by atoms with Crippen molar-refractivity contribution in [3.8, 4) is 16.9 Å². The van der Waals surface area contributed by atoms with Gasteiger partial charge < -0.3 is 10.2 Å². The maximum atomic E-state index is 13.4. The molecule has 0 aromatic carbocycles. The van der Waals surface area contributed by atoms with Crippen LogP contribution in [0.3, 0.4) is 0 Å². The summed E-state index contributed by atoms with van der Waals surface area (Å²) in [5.74, 6) is -1.69. The number of aryl methyl sites for hydroxylation is 2. The molecule has 34 heavy (non-hydrogen) atoms. The van der Waals surface area contributed by atoms with Gasteiger partial charge in [0.25, 0.3) is 5.92 Å². The van der Waals surface area contributed by atoms with Crippen molar-refractivity contribution < 1.29 is 8.78 Å².